The Hall–Kier alpha value is -1.85. The summed E-state index contributed by atoms with van der Waals surface area (Å²) < 4.78 is 27.7. The fourth-order valence-electron chi connectivity index (χ4n) is 2.35. The quantitative estimate of drug-likeness (QED) is 0.815. The molecule has 124 valence electrons. The van der Waals surface area contributed by atoms with Gasteiger partial charge in [0.2, 0.25) is 0 Å². The van der Waals surface area contributed by atoms with E-state index in [4.69, 9.17) is 0 Å². The van der Waals surface area contributed by atoms with Crippen LogP contribution in [0.4, 0.5) is 5.69 Å². The standard InChI is InChI=1S/C18H23NO3S/c1-14-10-12-17(13-11-14)23(21,22)19-18-9-4-3-7-16(18)8-5-6-15(2)20/h3-4,7,9-13,15,19-20H,5-6,8H2,1-2H3. The molecule has 0 amide bonds. The molecular weight excluding hydrogens is 310 g/mol. The normalized spacial score (nSPS) is 12.8. The highest BCUT2D eigenvalue weighted by molar-refractivity contribution is 7.92. The second-order valence-corrected chi connectivity index (χ2v) is 7.50. The topological polar surface area (TPSA) is 66.4 Å². The van der Waals surface area contributed by atoms with E-state index in [9.17, 15) is 13.5 Å². The average molecular weight is 333 g/mol. The van der Waals surface area contributed by atoms with Gasteiger partial charge in [-0.2, -0.15) is 0 Å². The van der Waals surface area contributed by atoms with E-state index in [1.807, 2.05) is 25.1 Å². The molecule has 5 heteroatoms. The monoisotopic (exact) mass is 333 g/mol. The number of anilines is 1. The van der Waals surface area contributed by atoms with Crippen LogP contribution in [0.2, 0.25) is 0 Å². The lowest BCUT2D eigenvalue weighted by Gasteiger charge is -2.13. The van der Waals surface area contributed by atoms with Gasteiger partial charge in [-0.3, -0.25) is 4.72 Å². The second kappa shape index (κ2) is 7.62. The summed E-state index contributed by atoms with van der Waals surface area (Å²) in [5.41, 5.74) is 2.55. The highest BCUT2D eigenvalue weighted by Gasteiger charge is 2.15. The van der Waals surface area contributed by atoms with Gasteiger partial charge >= 0.3 is 0 Å². The maximum absolute atomic E-state index is 12.5. The number of rotatable bonds is 7. The van der Waals surface area contributed by atoms with Crippen molar-refractivity contribution in [1.82, 2.24) is 0 Å². The van der Waals surface area contributed by atoms with Crippen LogP contribution in [0.5, 0.6) is 0 Å². The first-order chi connectivity index (χ1) is 10.9. The number of para-hydroxylation sites is 1. The van der Waals surface area contributed by atoms with E-state index in [0.29, 0.717) is 12.1 Å². The number of aliphatic hydroxyl groups is 1. The molecular formula is C18H23NO3S. The minimum Gasteiger partial charge on any atom is -0.393 e. The van der Waals surface area contributed by atoms with E-state index < -0.39 is 10.0 Å². The van der Waals surface area contributed by atoms with Crippen LogP contribution in [0, 0.1) is 6.92 Å². The Bertz CT molecular complexity index is 737. The Morgan fingerprint density at radius 2 is 1.74 bits per heavy atom. The Kier molecular flexibility index (Phi) is 5.80. The molecule has 1 atom stereocenters. The lowest BCUT2D eigenvalue weighted by Crippen LogP contribution is -2.14. The van der Waals surface area contributed by atoms with Crippen LogP contribution >= 0.6 is 0 Å². The summed E-state index contributed by atoms with van der Waals surface area (Å²) in [6.07, 6.45) is 1.88. The fraction of sp³-hybridized carbons (Fsp3) is 0.333. The minimum absolute atomic E-state index is 0.252. The molecule has 23 heavy (non-hydrogen) atoms. The number of aliphatic hydroxyl groups excluding tert-OH is 1. The molecule has 0 heterocycles. The molecule has 0 bridgehead atoms. The molecule has 2 N–H and O–H groups in total. The lowest BCUT2D eigenvalue weighted by molar-refractivity contribution is 0.182. The van der Waals surface area contributed by atoms with E-state index in [-0.39, 0.29) is 11.0 Å². The molecule has 2 aromatic rings. The number of nitrogens with one attached hydrogen (secondary N) is 1. The Labute approximate surface area is 138 Å². The Morgan fingerprint density at radius 1 is 1.09 bits per heavy atom. The molecule has 0 aliphatic heterocycles. The summed E-state index contributed by atoms with van der Waals surface area (Å²) in [5, 5.41) is 9.35. The van der Waals surface area contributed by atoms with Crippen molar-refractivity contribution in [3.05, 3.63) is 59.7 Å². The molecule has 2 rings (SSSR count). The molecule has 0 aliphatic carbocycles. The van der Waals surface area contributed by atoms with Gasteiger partial charge in [-0.1, -0.05) is 35.9 Å². The van der Waals surface area contributed by atoms with Crippen molar-refractivity contribution in [3.63, 3.8) is 0 Å². The van der Waals surface area contributed by atoms with Crippen molar-refractivity contribution < 1.29 is 13.5 Å². The Morgan fingerprint density at radius 3 is 2.39 bits per heavy atom. The highest BCUT2D eigenvalue weighted by Crippen LogP contribution is 2.22. The maximum atomic E-state index is 12.5. The lowest BCUT2D eigenvalue weighted by atomic mass is 10.1. The van der Waals surface area contributed by atoms with Gasteiger partial charge in [-0.05, 0) is 56.9 Å². The minimum atomic E-state index is -3.59. The Balaban J connectivity index is 2.17. The third kappa shape index (κ3) is 5.08. The van der Waals surface area contributed by atoms with Crippen molar-refractivity contribution in [3.8, 4) is 0 Å². The predicted molar refractivity (Wildman–Crippen MR) is 93.0 cm³/mol. The van der Waals surface area contributed by atoms with Gasteiger partial charge in [0.05, 0.1) is 16.7 Å². The molecule has 0 fully saturated rings. The molecule has 0 aliphatic rings. The van der Waals surface area contributed by atoms with Gasteiger partial charge in [0.1, 0.15) is 0 Å². The van der Waals surface area contributed by atoms with Crippen molar-refractivity contribution in [1.29, 1.82) is 0 Å². The van der Waals surface area contributed by atoms with Gasteiger partial charge < -0.3 is 5.11 Å². The SMILES string of the molecule is Cc1ccc(S(=O)(=O)Nc2ccccc2CCCC(C)O)cc1. The first kappa shape index (κ1) is 17.5. The van der Waals surface area contributed by atoms with E-state index in [2.05, 4.69) is 4.72 Å². The zero-order valence-electron chi connectivity index (χ0n) is 13.5. The van der Waals surface area contributed by atoms with Crippen LogP contribution in [0.3, 0.4) is 0 Å². The van der Waals surface area contributed by atoms with Crippen molar-refractivity contribution in [2.45, 2.75) is 44.1 Å². The molecule has 0 spiro atoms. The molecule has 0 aromatic heterocycles. The molecule has 1 unspecified atom stereocenters. The largest absolute Gasteiger partial charge is 0.393 e. The van der Waals surface area contributed by atoms with Crippen LogP contribution in [0.15, 0.2) is 53.4 Å². The summed E-state index contributed by atoms with van der Waals surface area (Å²) >= 11 is 0. The average Bonchev–Trinajstić information content (AvgIpc) is 2.49. The van der Waals surface area contributed by atoms with Gasteiger partial charge in [-0.15, -0.1) is 0 Å². The number of benzene rings is 2. The first-order valence-corrected chi connectivity index (χ1v) is 9.22. The van der Waals surface area contributed by atoms with Crippen LogP contribution in [0.25, 0.3) is 0 Å². The van der Waals surface area contributed by atoms with Crippen LogP contribution in [-0.4, -0.2) is 19.6 Å². The van der Waals surface area contributed by atoms with E-state index in [1.165, 1.54) is 0 Å². The summed E-state index contributed by atoms with van der Waals surface area (Å²) in [4.78, 5) is 0.252. The summed E-state index contributed by atoms with van der Waals surface area (Å²) in [6.45, 7) is 3.67. The predicted octanol–water partition coefficient (Wildman–Crippen LogP) is 3.50. The van der Waals surface area contributed by atoms with Crippen LogP contribution in [-0.2, 0) is 16.4 Å². The third-order valence-corrected chi connectivity index (χ3v) is 5.04. The zero-order valence-corrected chi connectivity index (χ0v) is 14.3. The van der Waals surface area contributed by atoms with Gasteiger partial charge in [0.25, 0.3) is 10.0 Å². The molecule has 0 radical (unpaired) electrons. The summed E-state index contributed by atoms with van der Waals surface area (Å²) in [6, 6.07) is 14.2. The first-order valence-electron chi connectivity index (χ1n) is 7.74. The number of hydrogen-bond donors (Lipinski definition) is 2. The van der Waals surface area contributed by atoms with Gasteiger partial charge in [-0.25, -0.2) is 8.42 Å². The summed E-state index contributed by atoms with van der Waals surface area (Å²) in [5.74, 6) is 0. The zero-order chi connectivity index (χ0) is 16.9. The molecule has 2 aromatic carbocycles. The van der Waals surface area contributed by atoms with E-state index in [0.717, 1.165) is 24.0 Å². The van der Waals surface area contributed by atoms with Crippen molar-refractivity contribution in [2.24, 2.45) is 0 Å². The molecule has 4 nitrogen and oxygen atoms in total. The number of hydrogen-bond acceptors (Lipinski definition) is 3. The smallest absolute Gasteiger partial charge is 0.261 e. The van der Waals surface area contributed by atoms with Gasteiger partial charge in [0, 0.05) is 0 Å². The summed E-state index contributed by atoms with van der Waals surface area (Å²) in [7, 11) is -3.59. The van der Waals surface area contributed by atoms with Crippen molar-refractivity contribution >= 4 is 15.7 Å². The van der Waals surface area contributed by atoms with E-state index >= 15 is 0 Å². The maximum Gasteiger partial charge on any atom is 0.261 e. The molecule has 0 saturated heterocycles. The fourth-order valence-corrected chi connectivity index (χ4v) is 3.45. The van der Waals surface area contributed by atoms with Crippen LogP contribution < -0.4 is 4.72 Å². The van der Waals surface area contributed by atoms with Gasteiger partial charge in [0.15, 0.2) is 0 Å². The second-order valence-electron chi connectivity index (χ2n) is 5.82. The third-order valence-electron chi connectivity index (χ3n) is 3.66. The number of aryl methyl sites for hydroxylation is 2. The van der Waals surface area contributed by atoms with Crippen molar-refractivity contribution in [2.75, 3.05) is 4.72 Å². The molecule has 0 saturated carbocycles. The highest BCUT2D eigenvalue weighted by atomic mass is 32.2. The van der Waals surface area contributed by atoms with Crippen LogP contribution in [0.1, 0.15) is 30.9 Å². The van der Waals surface area contributed by atoms with E-state index in [1.54, 1.807) is 37.3 Å². The number of sulfonamides is 1.